The van der Waals surface area contributed by atoms with E-state index in [4.69, 9.17) is 5.73 Å². The van der Waals surface area contributed by atoms with Crippen molar-refractivity contribution in [2.45, 2.75) is 31.7 Å². The Bertz CT molecular complexity index is 524. The number of nitrogens with two attached hydrogens (primary N) is 1. The number of aryl methyl sites for hydroxylation is 1. The summed E-state index contributed by atoms with van der Waals surface area (Å²) in [5.41, 5.74) is 5.74. The van der Waals surface area contributed by atoms with Crippen molar-refractivity contribution in [3.63, 3.8) is 0 Å². The quantitative estimate of drug-likeness (QED) is 0.753. The van der Waals surface area contributed by atoms with Crippen molar-refractivity contribution in [1.82, 2.24) is 19.0 Å². The van der Waals surface area contributed by atoms with Crippen LogP contribution in [0.25, 0.3) is 0 Å². The van der Waals surface area contributed by atoms with Crippen LogP contribution in [0.15, 0.2) is 11.1 Å². The lowest BCUT2D eigenvalue weighted by Gasteiger charge is -2.22. The molecule has 0 fully saturated rings. The maximum Gasteiger partial charge on any atom is 0.248 e. The van der Waals surface area contributed by atoms with Crippen molar-refractivity contribution in [3.8, 4) is 0 Å². The molecule has 2 N–H and O–H groups in total. The van der Waals surface area contributed by atoms with Gasteiger partial charge in [-0.3, -0.25) is 4.68 Å². The van der Waals surface area contributed by atoms with Crippen LogP contribution in [0, 0.1) is 0 Å². The molecule has 0 unspecified atom stereocenters. The Labute approximate surface area is 121 Å². The number of aromatic nitrogens is 2. The summed E-state index contributed by atoms with van der Waals surface area (Å²) < 4.78 is 28.3. The smallest absolute Gasteiger partial charge is 0.248 e. The van der Waals surface area contributed by atoms with E-state index in [0.29, 0.717) is 26.2 Å². The second kappa shape index (κ2) is 7.05. The minimum atomic E-state index is -3.58. The van der Waals surface area contributed by atoms with Crippen LogP contribution in [0.4, 0.5) is 5.82 Å². The van der Waals surface area contributed by atoms with E-state index in [1.165, 1.54) is 15.2 Å². The zero-order valence-electron chi connectivity index (χ0n) is 12.7. The molecule has 7 nitrogen and oxygen atoms in total. The van der Waals surface area contributed by atoms with Crippen molar-refractivity contribution in [2.24, 2.45) is 0 Å². The molecule has 8 heteroatoms. The summed E-state index contributed by atoms with van der Waals surface area (Å²) in [4.78, 5) is 2.06. The second-order valence-corrected chi connectivity index (χ2v) is 6.85. The molecular formula is C12H25N5O2S. The van der Waals surface area contributed by atoms with Gasteiger partial charge in [0.2, 0.25) is 10.0 Å². The highest BCUT2D eigenvalue weighted by Gasteiger charge is 2.28. The summed E-state index contributed by atoms with van der Waals surface area (Å²) in [6, 6.07) is 0. The van der Waals surface area contributed by atoms with Crippen LogP contribution in [0.1, 0.15) is 20.3 Å². The SMILES string of the molecule is CCCN(CCN(C)C)S(=O)(=O)c1cn(CC)nc1N. The van der Waals surface area contributed by atoms with E-state index in [9.17, 15) is 8.42 Å². The largest absolute Gasteiger partial charge is 0.381 e. The van der Waals surface area contributed by atoms with E-state index in [1.807, 2.05) is 32.8 Å². The number of hydrogen-bond donors (Lipinski definition) is 1. The fraction of sp³-hybridized carbons (Fsp3) is 0.750. The lowest BCUT2D eigenvalue weighted by molar-refractivity contribution is 0.333. The normalized spacial score (nSPS) is 12.5. The summed E-state index contributed by atoms with van der Waals surface area (Å²) in [6.45, 7) is 6.02. The summed E-state index contributed by atoms with van der Waals surface area (Å²) >= 11 is 0. The van der Waals surface area contributed by atoms with E-state index in [1.54, 1.807) is 0 Å². The third-order valence-electron chi connectivity index (χ3n) is 2.97. The molecule has 0 spiro atoms. The number of hydrogen-bond acceptors (Lipinski definition) is 5. The first kappa shape index (κ1) is 16.9. The van der Waals surface area contributed by atoms with Gasteiger partial charge in [0.05, 0.1) is 0 Å². The number of nitrogens with zero attached hydrogens (tertiary/aromatic N) is 4. The predicted molar refractivity (Wildman–Crippen MR) is 79.9 cm³/mol. The highest BCUT2D eigenvalue weighted by molar-refractivity contribution is 7.89. The first-order chi connectivity index (χ1) is 9.32. The lowest BCUT2D eigenvalue weighted by atomic mass is 10.4. The molecule has 0 atom stereocenters. The van der Waals surface area contributed by atoms with Gasteiger partial charge in [-0.25, -0.2) is 8.42 Å². The molecule has 0 radical (unpaired) electrons. The minimum absolute atomic E-state index is 0.0674. The molecule has 1 rings (SSSR count). The molecule has 0 saturated heterocycles. The average Bonchev–Trinajstić information content (AvgIpc) is 2.76. The van der Waals surface area contributed by atoms with Crippen LogP contribution in [0.5, 0.6) is 0 Å². The summed E-state index contributed by atoms with van der Waals surface area (Å²) in [6.07, 6.45) is 2.26. The van der Waals surface area contributed by atoms with Crippen LogP contribution in [0.2, 0.25) is 0 Å². The number of likely N-dealkylation sites (N-methyl/N-ethyl adjacent to an activating group) is 1. The van der Waals surface area contributed by atoms with E-state index >= 15 is 0 Å². The van der Waals surface area contributed by atoms with Crippen molar-refractivity contribution < 1.29 is 8.42 Å². The fourth-order valence-electron chi connectivity index (χ4n) is 1.83. The Hall–Kier alpha value is -1.12. The van der Waals surface area contributed by atoms with E-state index < -0.39 is 10.0 Å². The number of sulfonamides is 1. The molecule has 0 amide bonds. The van der Waals surface area contributed by atoms with E-state index in [-0.39, 0.29) is 10.7 Å². The van der Waals surface area contributed by atoms with Crippen LogP contribution in [-0.4, -0.2) is 61.1 Å². The molecule has 0 saturated carbocycles. The van der Waals surface area contributed by atoms with Crippen LogP contribution >= 0.6 is 0 Å². The highest BCUT2D eigenvalue weighted by atomic mass is 32.2. The van der Waals surface area contributed by atoms with Gasteiger partial charge in [0.15, 0.2) is 5.82 Å². The Morgan fingerprint density at radius 2 is 1.90 bits per heavy atom. The predicted octanol–water partition coefficient (Wildman–Crippen LogP) is 0.448. The van der Waals surface area contributed by atoms with Crippen molar-refractivity contribution in [1.29, 1.82) is 0 Å². The zero-order valence-corrected chi connectivity index (χ0v) is 13.5. The number of anilines is 1. The van der Waals surface area contributed by atoms with Crippen LogP contribution < -0.4 is 5.73 Å². The van der Waals surface area contributed by atoms with Crippen molar-refractivity contribution in [3.05, 3.63) is 6.20 Å². The fourth-order valence-corrected chi connectivity index (χ4v) is 3.41. The number of rotatable bonds is 8. The van der Waals surface area contributed by atoms with Gasteiger partial charge in [0, 0.05) is 32.4 Å². The number of nitrogen functional groups attached to an aromatic ring is 1. The van der Waals surface area contributed by atoms with Crippen molar-refractivity contribution in [2.75, 3.05) is 39.5 Å². The standard InChI is InChI=1S/C12H25N5O2S/c1-5-7-17(9-8-15(3)4)20(18,19)11-10-16(6-2)14-12(11)13/h10H,5-9H2,1-4H3,(H2,13,14). The molecule has 1 aromatic heterocycles. The molecule has 1 heterocycles. The second-order valence-electron chi connectivity index (χ2n) is 4.94. The topological polar surface area (TPSA) is 84.5 Å². The van der Waals surface area contributed by atoms with Crippen LogP contribution in [0.3, 0.4) is 0 Å². The van der Waals surface area contributed by atoms with Gasteiger partial charge in [0.1, 0.15) is 4.90 Å². The molecule has 20 heavy (non-hydrogen) atoms. The molecule has 0 aliphatic heterocycles. The Kier molecular flexibility index (Phi) is 5.97. The first-order valence-electron chi connectivity index (χ1n) is 6.80. The van der Waals surface area contributed by atoms with E-state index in [0.717, 1.165) is 6.42 Å². The Morgan fingerprint density at radius 3 is 2.35 bits per heavy atom. The Morgan fingerprint density at radius 1 is 1.25 bits per heavy atom. The maximum atomic E-state index is 12.7. The molecular weight excluding hydrogens is 278 g/mol. The van der Waals surface area contributed by atoms with Gasteiger partial charge in [-0.2, -0.15) is 9.40 Å². The Balaban J connectivity index is 3.05. The average molecular weight is 303 g/mol. The molecule has 1 aromatic rings. The third kappa shape index (κ3) is 3.94. The summed E-state index contributed by atoms with van der Waals surface area (Å²) in [5.74, 6) is 0.0674. The van der Waals surface area contributed by atoms with Gasteiger partial charge in [-0.15, -0.1) is 0 Å². The molecule has 0 aromatic carbocycles. The summed E-state index contributed by atoms with van der Waals surface area (Å²) in [5, 5.41) is 4.01. The molecule has 0 aliphatic rings. The molecule has 0 aliphatic carbocycles. The van der Waals surface area contributed by atoms with Gasteiger partial charge < -0.3 is 10.6 Å². The minimum Gasteiger partial charge on any atom is -0.381 e. The van der Waals surface area contributed by atoms with Gasteiger partial charge in [0.25, 0.3) is 0 Å². The van der Waals surface area contributed by atoms with Crippen molar-refractivity contribution >= 4 is 15.8 Å². The van der Waals surface area contributed by atoms with E-state index in [2.05, 4.69) is 5.10 Å². The molecule has 116 valence electrons. The van der Waals surface area contributed by atoms with Gasteiger partial charge in [-0.1, -0.05) is 6.92 Å². The molecule has 0 bridgehead atoms. The maximum absolute atomic E-state index is 12.7. The van der Waals surface area contributed by atoms with Gasteiger partial charge >= 0.3 is 0 Å². The van der Waals surface area contributed by atoms with Crippen LogP contribution in [-0.2, 0) is 16.6 Å². The zero-order chi connectivity index (χ0) is 15.3. The highest BCUT2D eigenvalue weighted by Crippen LogP contribution is 2.21. The van der Waals surface area contributed by atoms with Gasteiger partial charge in [-0.05, 0) is 27.4 Å². The summed E-state index contributed by atoms with van der Waals surface area (Å²) in [7, 11) is 0.253. The monoisotopic (exact) mass is 303 g/mol. The first-order valence-corrected chi connectivity index (χ1v) is 8.24. The third-order valence-corrected chi connectivity index (χ3v) is 4.88. The lowest BCUT2D eigenvalue weighted by Crippen LogP contribution is -2.37.